The fourth-order valence-corrected chi connectivity index (χ4v) is 2.29. The molecule has 1 saturated carbocycles. The molecule has 2 unspecified atom stereocenters. The minimum Gasteiger partial charge on any atom is -0.472 e. The van der Waals surface area contributed by atoms with Gasteiger partial charge in [0.1, 0.15) is 0 Å². The second kappa shape index (κ2) is 4.70. The van der Waals surface area contributed by atoms with Gasteiger partial charge in [-0.05, 0) is 25.3 Å². The molecule has 0 aromatic carbocycles. The second-order valence-electron chi connectivity index (χ2n) is 4.60. The predicted molar refractivity (Wildman–Crippen MR) is 60.5 cm³/mol. The summed E-state index contributed by atoms with van der Waals surface area (Å²) in [6.45, 7) is 0.612. The van der Waals surface area contributed by atoms with Crippen LogP contribution in [0.2, 0.25) is 0 Å². The lowest BCUT2D eigenvalue weighted by Gasteiger charge is -2.20. The molecule has 0 bridgehead atoms. The van der Waals surface area contributed by atoms with Crippen LogP contribution in [0.4, 0.5) is 0 Å². The van der Waals surface area contributed by atoms with Crippen molar-refractivity contribution in [3.63, 3.8) is 0 Å². The molecule has 0 radical (unpaired) electrons. The van der Waals surface area contributed by atoms with Gasteiger partial charge in [0.2, 0.25) is 5.91 Å². The molecular formula is C12H18N2O2. The Hall–Kier alpha value is -1.29. The van der Waals surface area contributed by atoms with Crippen molar-refractivity contribution in [2.75, 3.05) is 7.05 Å². The maximum atomic E-state index is 12.1. The molecule has 16 heavy (non-hydrogen) atoms. The molecule has 2 rings (SSSR count). The van der Waals surface area contributed by atoms with Crippen LogP contribution < -0.4 is 5.73 Å². The first-order chi connectivity index (χ1) is 7.66. The third-order valence-electron chi connectivity index (χ3n) is 3.20. The van der Waals surface area contributed by atoms with E-state index in [1.165, 1.54) is 0 Å². The molecule has 0 saturated heterocycles. The number of nitrogens with zero attached hydrogens (tertiary/aromatic N) is 1. The first-order valence-corrected chi connectivity index (χ1v) is 5.68. The normalized spacial score (nSPS) is 24.6. The molecule has 2 atom stereocenters. The summed E-state index contributed by atoms with van der Waals surface area (Å²) in [5.41, 5.74) is 6.84. The molecule has 1 aromatic rings. The number of amides is 1. The van der Waals surface area contributed by atoms with Gasteiger partial charge in [0, 0.05) is 31.1 Å². The zero-order chi connectivity index (χ0) is 11.5. The average molecular weight is 222 g/mol. The smallest absolute Gasteiger partial charge is 0.225 e. The number of carbonyl (C=O) groups is 1. The monoisotopic (exact) mass is 222 g/mol. The predicted octanol–water partition coefficient (Wildman–Crippen LogP) is 1.37. The molecule has 1 amide bonds. The fraction of sp³-hybridized carbons (Fsp3) is 0.583. The van der Waals surface area contributed by atoms with E-state index in [0.29, 0.717) is 6.54 Å². The molecule has 1 aromatic heterocycles. The van der Waals surface area contributed by atoms with Gasteiger partial charge in [-0.25, -0.2) is 0 Å². The highest BCUT2D eigenvalue weighted by molar-refractivity contribution is 5.78. The number of furan rings is 1. The van der Waals surface area contributed by atoms with Gasteiger partial charge in [0.15, 0.2) is 0 Å². The van der Waals surface area contributed by atoms with Crippen molar-refractivity contribution >= 4 is 5.91 Å². The minimum absolute atomic E-state index is 0.118. The Morgan fingerprint density at radius 3 is 3.00 bits per heavy atom. The number of hydrogen-bond donors (Lipinski definition) is 1. The Labute approximate surface area is 95.4 Å². The van der Waals surface area contributed by atoms with E-state index in [9.17, 15) is 4.79 Å². The largest absolute Gasteiger partial charge is 0.472 e. The molecule has 4 heteroatoms. The summed E-state index contributed by atoms with van der Waals surface area (Å²) in [7, 11) is 1.83. The Morgan fingerprint density at radius 2 is 2.44 bits per heavy atom. The van der Waals surface area contributed by atoms with Gasteiger partial charge in [0.05, 0.1) is 12.5 Å². The highest BCUT2D eigenvalue weighted by Crippen LogP contribution is 2.26. The van der Waals surface area contributed by atoms with Crippen molar-refractivity contribution in [3.05, 3.63) is 24.2 Å². The second-order valence-corrected chi connectivity index (χ2v) is 4.60. The van der Waals surface area contributed by atoms with Gasteiger partial charge in [0.25, 0.3) is 0 Å². The Balaban J connectivity index is 1.89. The van der Waals surface area contributed by atoms with Crippen molar-refractivity contribution in [2.45, 2.75) is 31.8 Å². The summed E-state index contributed by atoms with van der Waals surface area (Å²) in [4.78, 5) is 13.8. The molecular weight excluding hydrogens is 204 g/mol. The number of nitrogens with two attached hydrogens (primary N) is 1. The number of rotatable bonds is 3. The van der Waals surface area contributed by atoms with Crippen LogP contribution in [0.3, 0.4) is 0 Å². The lowest BCUT2D eigenvalue weighted by atomic mass is 10.1. The molecule has 1 aliphatic carbocycles. The van der Waals surface area contributed by atoms with Crippen LogP contribution in [0.15, 0.2) is 23.0 Å². The van der Waals surface area contributed by atoms with Gasteiger partial charge in [-0.1, -0.05) is 0 Å². The van der Waals surface area contributed by atoms with Gasteiger partial charge < -0.3 is 15.1 Å². The van der Waals surface area contributed by atoms with Crippen molar-refractivity contribution in [2.24, 2.45) is 11.7 Å². The van der Waals surface area contributed by atoms with Crippen molar-refractivity contribution < 1.29 is 9.21 Å². The molecule has 1 aliphatic rings. The summed E-state index contributed by atoms with van der Waals surface area (Å²) in [5.74, 6) is 0.320. The van der Waals surface area contributed by atoms with E-state index in [4.69, 9.17) is 10.2 Å². The molecule has 4 nitrogen and oxygen atoms in total. The van der Waals surface area contributed by atoms with Gasteiger partial charge >= 0.3 is 0 Å². The van der Waals surface area contributed by atoms with Gasteiger partial charge in [-0.15, -0.1) is 0 Å². The van der Waals surface area contributed by atoms with Gasteiger partial charge in [-0.3, -0.25) is 4.79 Å². The topological polar surface area (TPSA) is 59.5 Å². The SMILES string of the molecule is CN(Cc1ccoc1)C(=O)C1CCC(N)C1. The van der Waals surface area contributed by atoms with Crippen molar-refractivity contribution in [3.8, 4) is 0 Å². The molecule has 1 fully saturated rings. The lowest BCUT2D eigenvalue weighted by molar-refractivity contribution is -0.134. The van der Waals surface area contributed by atoms with Crippen LogP contribution in [0.25, 0.3) is 0 Å². The van der Waals surface area contributed by atoms with E-state index < -0.39 is 0 Å². The Bertz CT molecular complexity index is 348. The molecule has 0 aliphatic heterocycles. The summed E-state index contributed by atoms with van der Waals surface area (Å²) in [6, 6.07) is 2.08. The van der Waals surface area contributed by atoms with E-state index in [-0.39, 0.29) is 17.9 Å². The zero-order valence-electron chi connectivity index (χ0n) is 9.56. The molecule has 2 N–H and O–H groups in total. The van der Waals surface area contributed by atoms with Crippen LogP contribution in [-0.2, 0) is 11.3 Å². The molecule has 0 spiro atoms. The van der Waals surface area contributed by atoms with E-state index in [1.807, 2.05) is 13.1 Å². The Morgan fingerprint density at radius 1 is 1.62 bits per heavy atom. The van der Waals surface area contributed by atoms with E-state index in [2.05, 4.69) is 0 Å². The fourth-order valence-electron chi connectivity index (χ4n) is 2.29. The molecule has 88 valence electrons. The minimum atomic E-state index is 0.118. The summed E-state index contributed by atoms with van der Waals surface area (Å²) in [6.07, 6.45) is 6.02. The van der Waals surface area contributed by atoms with E-state index >= 15 is 0 Å². The quantitative estimate of drug-likeness (QED) is 0.840. The lowest BCUT2D eigenvalue weighted by Crippen LogP contribution is -2.32. The standard InChI is InChI=1S/C12H18N2O2/c1-14(7-9-4-5-16-8-9)12(15)10-2-3-11(13)6-10/h4-5,8,10-11H,2-3,6-7,13H2,1H3. The van der Waals surface area contributed by atoms with E-state index in [1.54, 1.807) is 17.4 Å². The number of carbonyl (C=O) groups excluding carboxylic acids is 1. The third-order valence-corrected chi connectivity index (χ3v) is 3.20. The Kier molecular flexibility index (Phi) is 3.29. The summed E-state index contributed by atoms with van der Waals surface area (Å²) >= 11 is 0. The summed E-state index contributed by atoms with van der Waals surface area (Å²) in [5, 5.41) is 0. The first kappa shape index (κ1) is 11.2. The van der Waals surface area contributed by atoms with Crippen LogP contribution in [-0.4, -0.2) is 23.9 Å². The highest BCUT2D eigenvalue weighted by atomic mass is 16.3. The van der Waals surface area contributed by atoms with Crippen LogP contribution >= 0.6 is 0 Å². The van der Waals surface area contributed by atoms with Crippen molar-refractivity contribution in [1.82, 2.24) is 4.90 Å². The highest BCUT2D eigenvalue weighted by Gasteiger charge is 2.29. The van der Waals surface area contributed by atoms with Crippen LogP contribution in [0.1, 0.15) is 24.8 Å². The van der Waals surface area contributed by atoms with Crippen molar-refractivity contribution in [1.29, 1.82) is 0 Å². The van der Waals surface area contributed by atoms with Gasteiger partial charge in [-0.2, -0.15) is 0 Å². The molecule has 1 heterocycles. The third kappa shape index (κ3) is 2.44. The van der Waals surface area contributed by atoms with Crippen LogP contribution in [0, 0.1) is 5.92 Å². The number of hydrogen-bond acceptors (Lipinski definition) is 3. The maximum absolute atomic E-state index is 12.1. The van der Waals surface area contributed by atoms with Crippen LogP contribution in [0.5, 0.6) is 0 Å². The first-order valence-electron chi connectivity index (χ1n) is 5.68. The zero-order valence-corrected chi connectivity index (χ0v) is 9.56. The van der Waals surface area contributed by atoms with E-state index in [0.717, 1.165) is 24.8 Å². The average Bonchev–Trinajstić information content (AvgIpc) is 2.88. The summed E-state index contributed by atoms with van der Waals surface area (Å²) < 4.78 is 4.98. The maximum Gasteiger partial charge on any atom is 0.225 e.